The average Bonchev–Trinajstić information content (AvgIpc) is 2.37. The normalized spacial score (nSPS) is 13.1. The molecule has 0 heterocycles. The third kappa shape index (κ3) is 12.1. The van der Waals surface area contributed by atoms with Crippen molar-refractivity contribution in [1.29, 1.82) is 0 Å². The van der Waals surface area contributed by atoms with Gasteiger partial charge in [-0.3, -0.25) is 9.59 Å². The summed E-state index contributed by atoms with van der Waals surface area (Å²) in [6, 6.07) is 0. The molecule has 0 spiro atoms. The van der Waals surface area contributed by atoms with Crippen LogP contribution in [0.25, 0.3) is 0 Å². The Balaban J connectivity index is 3.79. The van der Waals surface area contributed by atoms with E-state index in [0.29, 0.717) is 12.3 Å². The molecule has 2 atom stereocenters. The van der Waals surface area contributed by atoms with Crippen LogP contribution in [0.3, 0.4) is 0 Å². The van der Waals surface area contributed by atoms with Crippen molar-refractivity contribution in [2.75, 3.05) is 0 Å². The summed E-state index contributed by atoms with van der Waals surface area (Å²) >= 11 is 0. The topological polar surface area (TPSA) is 54.4 Å². The van der Waals surface area contributed by atoms with Crippen molar-refractivity contribution in [2.45, 2.75) is 72.6 Å². The monoisotopic (exact) mass is 294 g/mol. The molecule has 0 aliphatic carbocycles. The van der Waals surface area contributed by atoms with Crippen molar-refractivity contribution in [3.05, 3.63) is 17.4 Å². The van der Waals surface area contributed by atoms with Gasteiger partial charge in [-0.1, -0.05) is 33.1 Å². The van der Waals surface area contributed by atoms with Gasteiger partial charge in [0.15, 0.2) is 0 Å². The van der Waals surface area contributed by atoms with Gasteiger partial charge in [-0.15, -0.1) is 5.73 Å². The second-order valence-corrected chi connectivity index (χ2v) is 6.20. The maximum atomic E-state index is 10.8. The molecular weight excluding hydrogens is 264 g/mol. The lowest BCUT2D eigenvalue weighted by Crippen LogP contribution is -2.09. The van der Waals surface area contributed by atoms with Crippen LogP contribution in [-0.2, 0) is 9.59 Å². The van der Waals surface area contributed by atoms with Gasteiger partial charge in [0.1, 0.15) is 5.78 Å². The van der Waals surface area contributed by atoms with E-state index in [1.165, 1.54) is 5.57 Å². The Bertz CT molecular complexity index is 389. The van der Waals surface area contributed by atoms with Crippen molar-refractivity contribution >= 4 is 11.8 Å². The van der Waals surface area contributed by atoms with E-state index in [1.807, 2.05) is 6.08 Å². The minimum Gasteiger partial charge on any atom is -0.481 e. The summed E-state index contributed by atoms with van der Waals surface area (Å²) in [6.45, 7) is 7.64. The van der Waals surface area contributed by atoms with Crippen LogP contribution in [0.2, 0.25) is 0 Å². The molecule has 0 saturated carbocycles. The van der Waals surface area contributed by atoms with Gasteiger partial charge in [0.05, 0.1) is 5.92 Å². The number of rotatable bonds is 11. The number of aliphatic carboxylic acids is 1. The molecule has 0 saturated heterocycles. The van der Waals surface area contributed by atoms with Crippen molar-refractivity contribution in [3.8, 4) is 0 Å². The predicted octanol–water partition coefficient (Wildman–Crippen LogP) is 4.76. The predicted molar refractivity (Wildman–Crippen MR) is 86.2 cm³/mol. The van der Waals surface area contributed by atoms with E-state index in [9.17, 15) is 9.59 Å². The first-order chi connectivity index (χ1) is 9.82. The Morgan fingerprint density at radius 2 is 1.71 bits per heavy atom. The van der Waals surface area contributed by atoms with Gasteiger partial charge in [0.25, 0.3) is 0 Å². The maximum Gasteiger partial charge on any atom is 0.306 e. The molecule has 0 bridgehead atoms. The summed E-state index contributed by atoms with van der Waals surface area (Å²) in [6.07, 6.45) is 8.44. The quantitative estimate of drug-likeness (QED) is 0.559. The van der Waals surface area contributed by atoms with E-state index in [0.717, 1.165) is 38.5 Å². The van der Waals surface area contributed by atoms with Gasteiger partial charge in [0, 0.05) is 6.42 Å². The van der Waals surface area contributed by atoms with E-state index >= 15 is 0 Å². The minimum absolute atomic E-state index is 0.166. The first kappa shape index (κ1) is 19.7. The first-order valence-electron chi connectivity index (χ1n) is 7.95. The number of allylic oxidation sites excluding steroid dienone is 1. The number of ketones is 1. The van der Waals surface area contributed by atoms with Gasteiger partial charge in [-0.2, -0.15) is 0 Å². The highest BCUT2D eigenvalue weighted by molar-refractivity contribution is 5.76. The Morgan fingerprint density at radius 1 is 1.10 bits per heavy atom. The molecular formula is C18H30O3. The van der Waals surface area contributed by atoms with Crippen LogP contribution in [0.5, 0.6) is 0 Å². The molecule has 2 unspecified atom stereocenters. The second kappa shape index (κ2) is 11.3. The highest BCUT2D eigenvalue weighted by atomic mass is 16.4. The smallest absolute Gasteiger partial charge is 0.306 e. The average molecular weight is 294 g/mol. The summed E-state index contributed by atoms with van der Waals surface area (Å²) in [4.78, 5) is 21.5. The molecule has 0 rings (SSSR count). The van der Waals surface area contributed by atoms with Crippen LogP contribution >= 0.6 is 0 Å². The minimum atomic E-state index is -0.694. The van der Waals surface area contributed by atoms with Crippen LogP contribution in [-0.4, -0.2) is 16.9 Å². The number of hydrogen-bond acceptors (Lipinski definition) is 2. The first-order valence-corrected chi connectivity index (χ1v) is 7.95. The molecule has 1 N–H and O–H groups in total. The Kier molecular flexibility index (Phi) is 10.6. The number of carbonyl (C=O) groups is 2. The molecule has 0 aromatic carbocycles. The molecule has 0 aliphatic heterocycles. The van der Waals surface area contributed by atoms with Crippen LogP contribution in [0.1, 0.15) is 72.6 Å². The molecule has 3 nitrogen and oxygen atoms in total. The van der Waals surface area contributed by atoms with Crippen molar-refractivity contribution in [3.63, 3.8) is 0 Å². The molecule has 21 heavy (non-hydrogen) atoms. The van der Waals surface area contributed by atoms with E-state index in [2.05, 4.69) is 19.6 Å². The molecule has 0 aliphatic rings. The van der Waals surface area contributed by atoms with E-state index in [1.54, 1.807) is 13.8 Å². The highest BCUT2D eigenvalue weighted by Gasteiger charge is 2.11. The van der Waals surface area contributed by atoms with Gasteiger partial charge >= 0.3 is 5.97 Å². The van der Waals surface area contributed by atoms with Gasteiger partial charge < -0.3 is 5.11 Å². The molecule has 0 fully saturated rings. The molecule has 0 aromatic rings. The lowest BCUT2D eigenvalue weighted by atomic mass is 9.94. The molecule has 3 heteroatoms. The highest BCUT2D eigenvalue weighted by Crippen LogP contribution is 2.19. The number of carboxylic acid groups (broad SMARTS) is 1. The van der Waals surface area contributed by atoms with Gasteiger partial charge in [-0.25, -0.2) is 0 Å². The van der Waals surface area contributed by atoms with E-state index in [-0.39, 0.29) is 11.7 Å². The van der Waals surface area contributed by atoms with Crippen molar-refractivity contribution in [2.24, 2.45) is 11.8 Å². The summed E-state index contributed by atoms with van der Waals surface area (Å²) in [5, 5.41) is 8.82. The molecule has 120 valence electrons. The Labute approximate surface area is 129 Å². The lowest BCUT2D eigenvalue weighted by molar-refractivity contribution is -0.141. The van der Waals surface area contributed by atoms with E-state index < -0.39 is 5.97 Å². The van der Waals surface area contributed by atoms with Crippen molar-refractivity contribution < 1.29 is 14.7 Å². The van der Waals surface area contributed by atoms with Crippen LogP contribution in [0, 0.1) is 11.8 Å². The zero-order valence-corrected chi connectivity index (χ0v) is 13.9. The summed E-state index contributed by atoms with van der Waals surface area (Å²) < 4.78 is 0. The van der Waals surface area contributed by atoms with Crippen molar-refractivity contribution in [1.82, 2.24) is 0 Å². The number of carbonyl (C=O) groups excluding carboxylic acids is 1. The fourth-order valence-electron chi connectivity index (χ4n) is 2.20. The van der Waals surface area contributed by atoms with Gasteiger partial charge in [-0.05, 0) is 50.7 Å². The Morgan fingerprint density at radius 3 is 2.29 bits per heavy atom. The third-order valence-corrected chi connectivity index (χ3v) is 3.74. The third-order valence-electron chi connectivity index (χ3n) is 3.74. The molecule has 0 aromatic heterocycles. The zero-order valence-electron chi connectivity index (χ0n) is 13.9. The maximum absolute atomic E-state index is 10.8. The summed E-state index contributed by atoms with van der Waals surface area (Å²) in [5.41, 5.74) is 4.36. The zero-order chi connectivity index (χ0) is 16.3. The Hall–Kier alpha value is -1.34. The summed E-state index contributed by atoms with van der Waals surface area (Å²) in [7, 11) is 0. The largest absolute Gasteiger partial charge is 0.481 e. The van der Waals surface area contributed by atoms with Crippen LogP contribution in [0.4, 0.5) is 0 Å². The number of carboxylic acids is 1. The number of Topliss-reactive ketones (excluding diaryl/α,β-unsaturated/α-hetero) is 1. The standard InChI is InChI=1S/C18H30O3/c1-14(10-6-12-16(3)18(20)21)8-5-9-15(2)11-7-13-17(4)19/h7,14,16H,5-6,8-10,12-13H2,1-4H3,(H,20,21). The fraction of sp³-hybridized carbons (Fsp3) is 0.722. The van der Waals surface area contributed by atoms with Crippen LogP contribution in [0.15, 0.2) is 17.4 Å². The lowest BCUT2D eigenvalue weighted by Gasteiger charge is -2.12. The van der Waals surface area contributed by atoms with E-state index in [4.69, 9.17) is 5.11 Å². The molecule has 0 radical (unpaired) electrons. The fourth-order valence-corrected chi connectivity index (χ4v) is 2.20. The second-order valence-electron chi connectivity index (χ2n) is 6.20. The van der Waals surface area contributed by atoms with Crippen LogP contribution < -0.4 is 0 Å². The summed E-state index contributed by atoms with van der Waals surface area (Å²) in [5.74, 6) is -0.117. The number of hydrogen-bond donors (Lipinski definition) is 1. The molecule has 0 amide bonds. The SMILES string of the molecule is CC(=O)CC=C=C(C)CCCC(C)CCCC(C)C(=O)O. The van der Waals surface area contributed by atoms with Gasteiger partial charge in [0.2, 0.25) is 0 Å².